The van der Waals surface area contributed by atoms with Gasteiger partial charge in [-0.25, -0.2) is 4.79 Å². The number of phenols is 1. The largest absolute Gasteiger partial charge is 0.508 e. The van der Waals surface area contributed by atoms with Gasteiger partial charge in [0.25, 0.3) is 0 Å². The van der Waals surface area contributed by atoms with E-state index < -0.39 is 18.4 Å². The number of ether oxygens (including phenoxy) is 3. The zero-order valence-corrected chi connectivity index (χ0v) is 14.1. The van der Waals surface area contributed by atoms with Crippen LogP contribution in [0.1, 0.15) is 25.0 Å². The van der Waals surface area contributed by atoms with Crippen molar-refractivity contribution in [3.63, 3.8) is 0 Å². The van der Waals surface area contributed by atoms with E-state index in [9.17, 15) is 9.90 Å². The van der Waals surface area contributed by atoms with Gasteiger partial charge in [0.2, 0.25) is 6.29 Å². The van der Waals surface area contributed by atoms with Crippen molar-refractivity contribution in [3.8, 4) is 11.5 Å². The molecule has 0 radical (unpaired) electrons. The second kappa shape index (κ2) is 8.36. The monoisotopic (exact) mass is 330 g/mol. The Morgan fingerprint density at radius 3 is 2.42 bits per heavy atom. The van der Waals surface area contributed by atoms with Crippen LogP contribution in [0.3, 0.4) is 0 Å². The molecule has 0 fully saturated rings. The number of hydrogen-bond donors (Lipinski definition) is 1. The fourth-order valence-electron chi connectivity index (χ4n) is 2.05. The minimum atomic E-state index is -0.779. The number of esters is 1. The summed E-state index contributed by atoms with van der Waals surface area (Å²) in [4.78, 5) is 12.0. The molecule has 1 N–H and O–H groups in total. The average Bonchev–Trinajstić information content (AvgIpc) is 2.56. The lowest BCUT2D eigenvalue weighted by molar-refractivity contribution is -0.183. The van der Waals surface area contributed by atoms with Gasteiger partial charge >= 0.3 is 5.97 Å². The van der Waals surface area contributed by atoms with Crippen LogP contribution in [-0.4, -0.2) is 23.5 Å². The predicted molar refractivity (Wildman–Crippen MR) is 89.7 cm³/mol. The standard InChI is InChI=1S/C19H22O5/c1-13-6-4-5-7-16(13)12-22-15(3)24-19(21)14(2)23-18-10-8-17(20)9-11-18/h4-11,14-15,20H,12H2,1-3H3. The molecule has 2 aromatic carbocycles. The van der Waals surface area contributed by atoms with Crippen molar-refractivity contribution in [2.75, 3.05) is 0 Å². The topological polar surface area (TPSA) is 65.0 Å². The lowest BCUT2D eigenvalue weighted by atomic mass is 10.1. The quantitative estimate of drug-likeness (QED) is 0.621. The molecular weight excluding hydrogens is 308 g/mol. The Kier molecular flexibility index (Phi) is 6.21. The van der Waals surface area contributed by atoms with Gasteiger partial charge in [-0.05, 0) is 56.2 Å². The SMILES string of the molecule is Cc1ccccc1COC(C)OC(=O)C(C)Oc1ccc(O)cc1. The summed E-state index contributed by atoms with van der Waals surface area (Å²) >= 11 is 0. The summed E-state index contributed by atoms with van der Waals surface area (Å²) in [7, 11) is 0. The van der Waals surface area contributed by atoms with Crippen LogP contribution in [0.5, 0.6) is 11.5 Å². The van der Waals surface area contributed by atoms with Crippen LogP contribution in [0.25, 0.3) is 0 Å². The van der Waals surface area contributed by atoms with E-state index in [1.54, 1.807) is 26.0 Å². The van der Waals surface area contributed by atoms with Gasteiger partial charge in [0.15, 0.2) is 6.10 Å². The maximum Gasteiger partial charge on any atom is 0.349 e. The summed E-state index contributed by atoms with van der Waals surface area (Å²) in [6.07, 6.45) is -1.46. The fraction of sp³-hybridized carbons (Fsp3) is 0.316. The second-order valence-corrected chi connectivity index (χ2v) is 5.50. The lowest BCUT2D eigenvalue weighted by Crippen LogP contribution is -2.30. The lowest BCUT2D eigenvalue weighted by Gasteiger charge is -2.18. The Balaban J connectivity index is 1.80. The molecule has 0 aromatic heterocycles. The summed E-state index contributed by atoms with van der Waals surface area (Å²) in [5.41, 5.74) is 2.17. The number of benzene rings is 2. The molecule has 2 rings (SSSR count). The number of carbonyl (C=O) groups excluding carboxylic acids is 1. The van der Waals surface area contributed by atoms with E-state index >= 15 is 0 Å². The van der Waals surface area contributed by atoms with Gasteiger partial charge in [-0.15, -0.1) is 0 Å². The van der Waals surface area contributed by atoms with E-state index in [0.717, 1.165) is 11.1 Å². The molecule has 0 saturated heterocycles. The minimum absolute atomic E-state index is 0.135. The summed E-state index contributed by atoms with van der Waals surface area (Å²) in [6.45, 7) is 5.64. The molecule has 0 aliphatic rings. The van der Waals surface area contributed by atoms with E-state index in [4.69, 9.17) is 14.2 Å². The Labute approximate surface area is 141 Å². The van der Waals surface area contributed by atoms with Gasteiger partial charge in [0.05, 0.1) is 6.61 Å². The van der Waals surface area contributed by atoms with Crippen LogP contribution in [0.15, 0.2) is 48.5 Å². The Morgan fingerprint density at radius 1 is 1.08 bits per heavy atom. The molecule has 5 nitrogen and oxygen atoms in total. The van der Waals surface area contributed by atoms with Gasteiger partial charge in [0, 0.05) is 0 Å². The van der Waals surface area contributed by atoms with Gasteiger partial charge < -0.3 is 19.3 Å². The van der Waals surface area contributed by atoms with Gasteiger partial charge in [-0.3, -0.25) is 0 Å². The average molecular weight is 330 g/mol. The molecule has 0 amide bonds. The van der Waals surface area contributed by atoms with Gasteiger partial charge in [-0.2, -0.15) is 0 Å². The zero-order chi connectivity index (χ0) is 17.5. The van der Waals surface area contributed by atoms with E-state index in [1.807, 2.05) is 31.2 Å². The third kappa shape index (κ3) is 5.28. The van der Waals surface area contributed by atoms with Crippen molar-refractivity contribution in [3.05, 3.63) is 59.7 Å². The molecule has 24 heavy (non-hydrogen) atoms. The van der Waals surface area contributed by atoms with Crippen molar-refractivity contribution in [1.82, 2.24) is 0 Å². The Bertz CT molecular complexity index is 666. The number of carbonyl (C=O) groups is 1. The van der Waals surface area contributed by atoms with Crippen molar-refractivity contribution in [1.29, 1.82) is 0 Å². The molecule has 0 heterocycles. The first-order valence-electron chi connectivity index (χ1n) is 7.78. The first-order chi connectivity index (χ1) is 11.5. The van der Waals surface area contributed by atoms with E-state index in [0.29, 0.717) is 12.4 Å². The van der Waals surface area contributed by atoms with Gasteiger partial charge in [-0.1, -0.05) is 24.3 Å². The number of hydrogen-bond acceptors (Lipinski definition) is 5. The highest BCUT2D eigenvalue weighted by molar-refractivity contribution is 5.74. The van der Waals surface area contributed by atoms with Crippen LogP contribution in [0, 0.1) is 6.92 Å². The fourth-order valence-corrected chi connectivity index (χ4v) is 2.05. The number of rotatable bonds is 7. The smallest absolute Gasteiger partial charge is 0.349 e. The molecule has 2 aromatic rings. The van der Waals surface area contributed by atoms with Crippen molar-refractivity contribution in [2.24, 2.45) is 0 Å². The molecule has 0 spiro atoms. The summed E-state index contributed by atoms with van der Waals surface area (Å²) in [6, 6.07) is 14.0. The van der Waals surface area contributed by atoms with E-state index in [1.165, 1.54) is 12.1 Å². The highest BCUT2D eigenvalue weighted by Gasteiger charge is 2.19. The van der Waals surface area contributed by atoms with Crippen molar-refractivity contribution in [2.45, 2.75) is 39.8 Å². The van der Waals surface area contributed by atoms with Crippen LogP contribution >= 0.6 is 0 Å². The third-order valence-electron chi connectivity index (χ3n) is 3.50. The van der Waals surface area contributed by atoms with E-state index in [-0.39, 0.29) is 5.75 Å². The Morgan fingerprint density at radius 2 is 1.75 bits per heavy atom. The molecule has 2 unspecified atom stereocenters. The number of aryl methyl sites for hydroxylation is 1. The summed E-state index contributed by atoms with van der Waals surface area (Å²) < 4.78 is 16.3. The molecule has 128 valence electrons. The molecular formula is C19H22O5. The molecule has 2 atom stereocenters. The molecule has 0 bridgehead atoms. The Hall–Kier alpha value is -2.53. The highest BCUT2D eigenvalue weighted by Crippen LogP contribution is 2.18. The van der Waals surface area contributed by atoms with Crippen molar-refractivity contribution < 1.29 is 24.1 Å². The van der Waals surface area contributed by atoms with Crippen LogP contribution in [0.2, 0.25) is 0 Å². The van der Waals surface area contributed by atoms with Crippen LogP contribution < -0.4 is 4.74 Å². The molecule has 0 saturated carbocycles. The minimum Gasteiger partial charge on any atom is -0.508 e. The maximum atomic E-state index is 12.0. The number of phenolic OH excluding ortho intramolecular Hbond substituents is 1. The third-order valence-corrected chi connectivity index (χ3v) is 3.50. The van der Waals surface area contributed by atoms with E-state index in [2.05, 4.69) is 0 Å². The predicted octanol–water partition coefficient (Wildman–Crippen LogP) is 3.57. The molecule has 0 aliphatic heterocycles. The normalized spacial score (nSPS) is 13.1. The molecule has 0 aliphatic carbocycles. The maximum absolute atomic E-state index is 12.0. The number of aromatic hydroxyl groups is 1. The second-order valence-electron chi connectivity index (χ2n) is 5.50. The van der Waals surface area contributed by atoms with Gasteiger partial charge in [0.1, 0.15) is 11.5 Å². The zero-order valence-electron chi connectivity index (χ0n) is 14.1. The molecule has 5 heteroatoms. The first kappa shape index (κ1) is 17.8. The van der Waals surface area contributed by atoms with Crippen LogP contribution in [-0.2, 0) is 20.9 Å². The summed E-state index contributed by atoms with van der Waals surface area (Å²) in [5, 5.41) is 9.23. The highest BCUT2D eigenvalue weighted by atomic mass is 16.7. The van der Waals surface area contributed by atoms with Crippen LogP contribution in [0.4, 0.5) is 0 Å². The summed E-state index contributed by atoms with van der Waals surface area (Å²) in [5.74, 6) is 0.0990. The van der Waals surface area contributed by atoms with Crippen molar-refractivity contribution >= 4 is 5.97 Å². The first-order valence-corrected chi connectivity index (χ1v) is 7.78.